The van der Waals surface area contributed by atoms with E-state index in [0.29, 0.717) is 11.3 Å². The van der Waals surface area contributed by atoms with Gasteiger partial charge in [0.05, 0.1) is 12.8 Å². The normalized spacial score (nSPS) is 23.4. The Balaban J connectivity index is 1.82. The predicted molar refractivity (Wildman–Crippen MR) is 84.2 cm³/mol. The number of hydrogen-bond acceptors (Lipinski definition) is 3. The summed E-state index contributed by atoms with van der Waals surface area (Å²) in [7, 11) is 1.67. The SMILES string of the molecule is COc1ncccc1NCC1CCC(C(C)(C)C)CC1. The maximum absolute atomic E-state index is 5.27. The zero-order chi connectivity index (χ0) is 14.6. The van der Waals surface area contributed by atoms with Crippen LogP contribution in [0.2, 0.25) is 0 Å². The van der Waals surface area contributed by atoms with Crippen LogP contribution in [-0.2, 0) is 0 Å². The van der Waals surface area contributed by atoms with Crippen LogP contribution in [0.3, 0.4) is 0 Å². The molecular weight excluding hydrogens is 248 g/mol. The second kappa shape index (κ2) is 6.47. The van der Waals surface area contributed by atoms with Crippen LogP contribution < -0.4 is 10.1 Å². The Bertz CT molecular complexity index is 417. The Morgan fingerprint density at radius 1 is 1.25 bits per heavy atom. The molecule has 0 aliphatic heterocycles. The van der Waals surface area contributed by atoms with E-state index in [1.54, 1.807) is 13.3 Å². The first kappa shape index (κ1) is 15.1. The van der Waals surface area contributed by atoms with Crippen molar-refractivity contribution < 1.29 is 4.74 Å². The summed E-state index contributed by atoms with van der Waals surface area (Å²) >= 11 is 0. The number of hydrogen-bond donors (Lipinski definition) is 1. The minimum absolute atomic E-state index is 0.463. The highest BCUT2D eigenvalue weighted by Gasteiger charge is 2.29. The quantitative estimate of drug-likeness (QED) is 0.887. The molecule has 0 amide bonds. The van der Waals surface area contributed by atoms with Crippen molar-refractivity contribution in [3.8, 4) is 5.88 Å². The van der Waals surface area contributed by atoms with Gasteiger partial charge in [-0.3, -0.25) is 0 Å². The summed E-state index contributed by atoms with van der Waals surface area (Å²) in [6.45, 7) is 8.14. The van der Waals surface area contributed by atoms with E-state index in [1.165, 1.54) is 25.7 Å². The molecule has 1 aromatic heterocycles. The third kappa shape index (κ3) is 3.87. The summed E-state index contributed by atoms with van der Waals surface area (Å²) in [5.74, 6) is 2.35. The van der Waals surface area contributed by atoms with E-state index in [4.69, 9.17) is 4.74 Å². The molecule has 0 unspecified atom stereocenters. The number of anilines is 1. The van der Waals surface area contributed by atoms with E-state index in [9.17, 15) is 0 Å². The molecule has 0 atom stereocenters. The minimum Gasteiger partial charge on any atom is -0.480 e. The van der Waals surface area contributed by atoms with Crippen molar-refractivity contribution >= 4 is 5.69 Å². The fourth-order valence-corrected chi connectivity index (χ4v) is 3.17. The van der Waals surface area contributed by atoms with Gasteiger partial charge in [-0.15, -0.1) is 0 Å². The Kier molecular flexibility index (Phi) is 4.90. The van der Waals surface area contributed by atoms with Crippen LogP contribution in [0.5, 0.6) is 5.88 Å². The Hall–Kier alpha value is -1.25. The van der Waals surface area contributed by atoms with Gasteiger partial charge in [0.1, 0.15) is 0 Å². The zero-order valence-electron chi connectivity index (χ0n) is 13.3. The highest BCUT2D eigenvalue weighted by Crippen LogP contribution is 2.39. The maximum atomic E-state index is 5.27. The summed E-state index contributed by atoms with van der Waals surface area (Å²) in [6, 6.07) is 3.98. The topological polar surface area (TPSA) is 34.1 Å². The van der Waals surface area contributed by atoms with Crippen LogP contribution in [-0.4, -0.2) is 18.6 Å². The van der Waals surface area contributed by atoms with Crippen LogP contribution in [0.25, 0.3) is 0 Å². The van der Waals surface area contributed by atoms with Gasteiger partial charge in [-0.1, -0.05) is 20.8 Å². The molecule has 3 heteroatoms. The smallest absolute Gasteiger partial charge is 0.237 e. The molecule has 1 heterocycles. The van der Waals surface area contributed by atoms with Crippen LogP contribution in [0.4, 0.5) is 5.69 Å². The molecule has 0 saturated heterocycles. The Morgan fingerprint density at radius 3 is 2.55 bits per heavy atom. The summed E-state index contributed by atoms with van der Waals surface area (Å²) in [4.78, 5) is 4.22. The second-order valence-electron chi connectivity index (χ2n) is 7.02. The van der Waals surface area contributed by atoms with E-state index < -0.39 is 0 Å². The van der Waals surface area contributed by atoms with E-state index in [-0.39, 0.29) is 0 Å². The molecule has 20 heavy (non-hydrogen) atoms. The molecule has 1 aromatic rings. The molecule has 1 aliphatic rings. The largest absolute Gasteiger partial charge is 0.480 e. The van der Waals surface area contributed by atoms with Crippen LogP contribution in [0.1, 0.15) is 46.5 Å². The molecule has 1 fully saturated rings. The maximum Gasteiger partial charge on any atom is 0.237 e. The molecule has 0 radical (unpaired) electrons. The molecule has 1 saturated carbocycles. The lowest BCUT2D eigenvalue weighted by Crippen LogP contribution is -2.28. The highest BCUT2D eigenvalue weighted by molar-refractivity contribution is 5.51. The lowest BCUT2D eigenvalue weighted by molar-refractivity contribution is 0.153. The first-order valence-corrected chi connectivity index (χ1v) is 7.73. The molecule has 0 aromatic carbocycles. The van der Waals surface area contributed by atoms with E-state index in [0.717, 1.165) is 24.1 Å². The van der Waals surface area contributed by atoms with E-state index >= 15 is 0 Å². The fraction of sp³-hybridized carbons (Fsp3) is 0.706. The fourth-order valence-electron chi connectivity index (χ4n) is 3.17. The molecule has 3 nitrogen and oxygen atoms in total. The molecule has 1 N–H and O–H groups in total. The number of nitrogens with one attached hydrogen (secondary N) is 1. The standard InChI is InChI=1S/C17H28N2O/c1-17(2,3)14-9-7-13(8-10-14)12-19-15-6-5-11-18-16(15)20-4/h5-6,11,13-14,19H,7-10,12H2,1-4H3. The van der Waals surface area contributed by atoms with Gasteiger partial charge >= 0.3 is 0 Å². The van der Waals surface area contributed by atoms with Crippen molar-refractivity contribution in [3.05, 3.63) is 18.3 Å². The second-order valence-corrected chi connectivity index (χ2v) is 7.02. The monoisotopic (exact) mass is 276 g/mol. The van der Waals surface area contributed by atoms with Gasteiger partial charge in [-0.05, 0) is 55.1 Å². The number of nitrogens with zero attached hydrogens (tertiary/aromatic N) is 1. The van der Waals surface area contributed by atoms with Gasteiger partial charge in [0.15, 0.2) is 0 Å². The molecule has 1 aliphatic carbocycles. The zero-order valence-corrected chi connectivity index (χ0v) is 13.3. The predicted octanol–water partition coefficient (Wildman–Crippen LogP) is 4.35. The number of aromatic nitrogens is 1. The van der Waals surface area contributed by atoms with Gasteiger partial charge in [0.25, 0.3) is 0 Å². The highest BCUT2D eigenvalue weighted by atomic mass is 16.5. The van der Waals surface area contributed by atoms with Gasteiger partial charge in [0, 0.05) is 12.7 Å². The van der Waals surface area contributed by atoms with Crippen LogP contribution in [0, 0.1) is 17.3 Å². The van der Waals surface area contributed by atoms with Gasteiger partial charge in [0.2, 0.25) is 5.88 Å². The Labute approximate surface area is 123 Å². The number of methoxy groups -OCH3 is 1. The van der Waals surface area contributed by atoms with Gasteiger partial charge in [-0.25, -0.2) is 4.98 Å². The molecule has 112 valence electrons. The number of ether oxygens (including phenoxy) is 1. The molecular formula is C17H28N2O. The lowest BCUT2D eigenvalue weighted by Gasteiger charge is -2.37. The van der Waals surface area contributed by atoms with Gasteiger partial charge in [-0.2, -0.15) is 0 Å². The van der Waals surface area contributed by atoms with Crippen molar-refractivity contribution in [1.29, 1.82) is 0 Å². The molecule has 2 rings (SSSR count). The lowest BCUT2D eigenvalue weighted by atomic mass is 9.70. The average molecular weight is 276 g/mol. The molecule has 0 spiro atoms. The van der Waals surface area contributed by atoms with Crippen molar-refractivity contribution in [2.45, 2.75) is 46.5 Å². The first-order chi connectivity index (χ1) is 9.50. The summed E-state index contributed by atoms with van der Waals surface area (Å²) < 4.78 is 5.27. The first-order valence-electron chi connectivity index (χ1n) is 7.73. The van der Waals surface area contributed by atoms with Crippen molar-refractivity contribution in [3.63, 3.8) is 0 Å². The minimum atomic E-state index is 0.463. The van der Waals surface area contributed by atoms with E-state index in [2.05, 4.69) is 31.1 Å². The summed E-state index contributed by atoms with van der Waals surface area (Å²) in [6.07, 6.45) is 7.15. The van der Waals surface area contributed by atoms with Crippen molar-refractivity contribution in [2.24, 2.45) is 17.3 Å². The number of rotatable bonds is 4. The number of pyridine rings is 1. The summed E-state index contributed by atoms with van der Waals surface area (Å²) in [5, 5.41) is 3.50. The van der Waals surface area contributed by atoms with Crippen molar-refractivity contribution in [2.75, 3.05) is 19.0 Å². The van der Waals surface area contributed by atoms with Crippen LogP contribution >= 0.6 is 0 Å². The molecule has 0 bridgehead atoms. The van der Waals surface area contributed by atoms with Crippen LogP contribution in [0.15, 0.2) is 18.3 Å². The average Bonchev–Trinajstić information content (AvgIpc) is 2.45. The van der Waals surface area contributed by atoms with Gasteiger partial charge < -0.3 is 10.1 Å². The van der Waals surface area contributed by atoms with E-state index in [1.807, 2.05) is 12.1 Å². The van der Waals surface area contributed by atoms with Crippen molar-refractivity contribution in [1.82, 2.24) is 4.98 Å². The third-order valence-corrected chi connectivity index (χ3v) is 4.62. The summed E-state index contributed by atoms with van der Waals surface area (Å²) in [5.41, 5.74) is 1.47. The third-order valence-electron chi connectivity index (χ3n) is 4.62. The Morgan fingerprint density at radius 2 is 1.95 bits per heavy atom.